The number of carbonyl (C=O) groups is 1. The number of likely N-dealkylation sites (N-methyl/N-ethyl adjacent to an activating group) is 1. The second-order valence-electron chi connectivity index (χ2n) is 8.06. The Hall–Kier alpha value is -1.49. The number of ether oxygens (including phenoxy) is 1. The zero-order chi connectivity index (χ0) is 20.6. The molecule has 1 aromatic heterocycles. The number of carbonyl (C=O) groups excluding carboxylic acids is 1. The molecule has 1 aromatic rings. The second kappa shape index (κ2) is 12.3. The van der Waals surface area contributed by atoms with Gasteiger partial charge in [-0.1, -0.05) is 0 Å². The number of guanidine groups is 1. The Morgan fingerprint density at radius 1 is 1.34 bits per heavy atom. The molecule has 1 amide bonds. The molecule has 0 bridgehead atoms. The molecule has 9 heteroatoms. The summed E-state index contributed by atoms with van der Waals surface area (Å²) in [7, 11) is 3.47. The lowest BCUT2D eigenvalue weighted by Gasteiger charge is -2.27. The molecule has 0 aliphatic carbocycles. The highest BCUT2D eigenvalue weighted by Gasteiger charge is 2.25. The van der Waals surface area contributed by atoms with E-state index >= 15 is 0 Å². The fourth-order valence-electron chi connectivity index (χ4n) is 3.13. The van der Waals surface area contributed by atoms with Gasteiger partial charge in [-0.25, -0.2) is 4.79 Å². The van der Waals surface area contributed by atoms with Crippen LogP contribution in [0.2, 0.25) is 0 Å². The van der Waals surface area contributed by atoms with Crippen LogP contribution in [0.5, 0.6) is 0 Å². The number of amides is 1. The molecular formula is C20H36IN5O3. The molecule has 8 nitrogen and oxygen atoms in total. The highest BCUT2D eigenvalue weighted by Crippen LogP contribution is 2.24. The van der Waals surface area contributed by atoms with E-state index in [2.05, 4.69) is 20.5 Å². The number of nitrogens with zero attached hydrogens (tertiary/aromatic N) is 3. The third-order valence-electron chi connectivity index (χ3n) is 4.58. The molecule has 0 aromatic carbocycles. The number of halogens is 1. The first kappa shape index (κ1) is 25.5. The Balaban J connectivity index is 0.00000420. The molecule has 1 atom stereocenters. The minimum atomic E-state index is -0.493. The van der Waals surface area contributed by atoms with Crippen LogP contribution in [0.25, 0.3) is 0 Å². The van der Waals surface area contributed by atoms with Crippen molar-refractivity contribution >= 4 is 36.0 Å². The normalized spacial score (nSPS) is 16.1. The van der Waals surface area contributed by atoms with Crippen molar-refractivity contribution in [1.29, 1.82) is 0 Å². The summed E-state index contributed by atoms with van der Waals surface area (Å²) in [5.41, 5.74) is -0.493. The van der Waals surface area contributed by atoms with E-state index in [0.717, 1.165) is 18.8 Å². The van der Waals surface area contributed by atoms with Crippen LogP contribution < -0.4 is 10.6 Å². The van der Waals surface area contributed by atoms with E-state index in [1.807, 2.05) is 32.9 Å². The number of aliphatic imine (C=N–C) groups is 1. The van der Waals surface area contributed by atoms with Gasteiger partial charge in [-0.05, 0) is 58.8 Å². The summed E-state index contributed by atoms with van der Waals surface area (Å²) in [5, 5.41) is 6.63. The van der Waals surface area contributed by atoms with Gasteiger partial charge < -0.3 is 24.7 Å². The fraction of sp³-hybridized carbons (Fsp3) is 0.700. The van der Waals surface area contributed by atoms with Crippen LogP contribution in [0, 0.1) is 0 Å². The Morgan fingerprint density at radius 2 is 2.03 bits per heavy atom. The molecular weight excluding hydrogens is 485 g/mol. The summed E-state index contributed by atoms with van der Waals surface area (Å²) in [6.45, 7) is 9.54. The Labute approximate surface area is 191 Å². The maximum absolute atomic E-state index is 12.0. The molecule has 1 aliphatic heterocycles. The van der Waals surface area contributed by atoms with Gasteiger partial charge in [-0.2, -0.15) is 0 Å². The van der Waals surface area contributed by atoms with Crippen LogP contribution in [0.3, 0.4) is 0 Å². The number of nitrogens with one attached hydrogen (secondary N) is 2. The molecule has 2 rings (SSSR count). The highest BCUT2D eigenvalue weighted by molar-refractivity contribution is 14.0. The molecule has 2 N–H and O–H groups in total. The van der Waals surface area contributed by atoms with Crippen molar-refractivity contribution in [1.82, 2.24) is 20.4 Å². The van der Waals surface area contributed by atoms with Gasteiger partial charge in [0, 0.05) is 33.7 Å². The van der Waals surface area contributed by atoms with E-state index in [-0.39, 0.29) is 36.1 Å². The largest absolute Gasteiger partial charge is 0.468 e. The van der Waals surface area contributed by atoms with Gasteiger partial charge in [-0.3, -0.25) is 9.89 Å². The van der Waals surface area contributed by atoms with Crippen LogP contribution in [0.15, 0.2) is 27.8 Å². The zero-order valence-electron chi connectivity index (χ0n) is 18.2. The first-order valence-electron chi connectivity index (χ1n) is 9.96. The lowest BCUT2D eigenvalue weighted by atomic mass is 10.2. The van der Waals surface area contributed by atoms with Gasteiger partial charge >= 0.3 is 6.09 Å². The summed E-state index contributed by atoms with van der Waals surface area (Å²) in [6, 6.07) is 4.13. The van der Waals surface area contributed by atoms with Gasteiger partial charge in [0.2, 0.25) is 0 Å². The van der Waals surface area contributed by atoms with Crippen LogP contribution >= 0.6 is 24.0 Å². The van der Waals surface area contributed by atoms with Crippen LogP contribution in [0.1, 0.15) is 45.4 Å². The number of furan rings is 1. The summed E-state index contributed by atoms with van der Waals surface area (Å²) >= 11 is 0. The molecule has 1 aliphatic rings. The maximum atomic E-state index is 12.0. The predicted molar refractivity (Wildman–Crippen MR) is 126 cm³/mol. The molecule has 1 unspecified atom stereocenters. The van der Waals surface area contributed by atoms with E-state index in [4.69, 9.17) is 9.15 Å². The molecule has 0 radical (unpaired) electrons. The van der Waals surface area contributed by atoms with Crippen LogP contribution in [-0.4, -0.2) is 74.3 Å². The maximum Gasteiger partial charge on any atom is 0.410 e. The van der Waals surface area contributed by atoms with Crippen molar-refractivity contribution in [2.75, 3.05) is 46.8 Å². The minimum absolute atomic E-state index is 0. The topological polar surface area (TPSA) is 82.3 Å². The lowest BCUT2D eigenvalue weighted by Crippen LogP contribution is -2.45. The third kappa shape index (κ3) is 8.81. The molecule has 166 valence electrons. The van der Waals surface area contributed by atoms with E-state index in [1.165, 1.54) is 12.8 Å². The molecule has 1 fully saturated rings. The van der Waals surface area contributed by atoms with Crippen molar-refractivity contribution in [3.05, 3.63) is 24.2 Å². The molecule has 0 saturated carbocycles. The van der Waals surface area contributed by atoms with E-state index in [0.29, 0.717) is 25.6 Å². The Kier molecular flexibility index (Phi) is 10.8. The Morgan fingerprint density at radius 3 is 2.59 bits per heavy atom. The van der Waals surface area contributed by atoms with Crippen LogP contribution in [0.4, 0.5) is 4.79 Å². The summed E-state index contributed by atoms with van der Waals surface area (Å²) in [4.78, 5) is 20.3. The standard InChI is InChI=1S/C20H35N5O3.HI/c1-20(2,3)28-19(26)24(5)13-10-22-18(21-4)23-15-16(17-9-8-14-27-17)25-11-6-7-12-25;/h8-9,14,16H,6-7,10-13,15H2,1-5H3,(H2,21,22,23);1H. The van der Waals surface area contributed by atoms with E-state index < -0.39 is 5.60 Å². The number of hydrogen-bond acceptors (Lipinski definition) is 5. The number of rotatable bonds is 7. The average molecular weight is 521 g/mol. The second-order valence-corrected chi connectivity index (χ2v) is 8.06. The molecule has 0 spiro atoms. The summed E-state index contributed by atoms with van der Waals surface area (Å²) in [6.07, 6.45) is 3.84. The lowest BCUT2D eigenvalue weighted by molar-refractivity contribution is 0.0302. The number of likely N-dealkylation sites (tertiary alicyclic amines) is 1. The summed E-state index contributed by atoms with van der Waals surface area (Å²) < 4.78 is 11.0. The molecule has 2 heterocycles. The SMILES string of the molecule is CN=C(NCCN(C)C(=O)OC(C)(C)C)NCC(c1ccco1)N1CCCC1.I. The first-order chi connectivity index (χ1) is 13.3. The third-order valence-corrected chi connectivity index (χ3v) is 4.58. The van der Waals surface area contributed by atoms with Crippen LogP contribution in [-0.2, 0) is 4.74 Å². The minimum Gasteiger partial charge on any atom is -0.468 e. The zero-order valence-corrected chi connectivity index (χ0v) is 20.6. The quantitative estimate of drug-likeness (QED) is 0.326. The van der Waals surface area contributed by atoms with Crippen molar-refractivity contribution in [2.24, 2.45) is 4.99 Å². The molecule has 1 saturated heterocycles. The van der Waals surface area contributed by atoms with Gasteiger partial charge in [0.25, 0.3) is 0 Å². The number of hydrogen-bond donors (Lipinski definition) is 2. The van der Waals surface area contributed by atoms with Crippen molar-refractivity contribution < 1.29 is 13.9 Å². The monoisotopic (exact) mass is 521 g/mol. The molecule has 29 heavy (non-hydrogen) atoms. The van der Waals surface area contributed by atoms with Crippen molar-refractivity contribution in [3.63, 3.8) is 0 Å². The van der Waals surface area contributed by atoms with Gasteiger partial charge in [0.05, 0.1) is 12.3 Å². The van der Waals surface area contributed by atoms with E-state index in [9.17, 15) is 4.79 Å². The van der Waals surface area contributed by atoms with Crippen molar-refractivity contribution in [2.45, 2.75) is 45.3 Å². The highest BCUT2D eigenvalue weighted by atomic mass is 127. The average Bonchev–Trinajstić information content (AvgIpc) is 3.33. The summed E-state index contributed by atoms with van der Waals surface area (Å²) in [5.74, 6) is 1.67. The predicted octanol–water partition coefficient (Wildman–Crippen LogP) is 3.07. The van der Waals surface area contributed by atoms with E-state index in [1.54, 1.807) is 25.3 Å². The van der Waals surface area contributed by atoms with Gasteiger partial charge in [0.15, 0.2) is 5.96 Å². The first-order valence-corrected chi connectivity index (χ1v) is 9.96. The van der Waals surface area contributed by atoms with Gasteiger partial charge in [0.1, 0.15) is 11.4 Å². The van der Waals surface area contributed by atoms with Crippen molar-refractivity contribution in [3.8, 4) is 0 Å². The fourth-order valence-corrected chi connectivity index (χ4v) is 3.13. The smallest absolute Gasteiger partial charge is 0.410 e. The Bertz CT molecular complexity index is 625. The van der Waals surface area contributed by atoms with Gasteiger partial charge in [-0.15, -0.1) is 24.0 Å².